The number of hydrogen-bond acceptors (Lipinski definition) is 5. The molecule has 0 saturated carbocycles. The summed E-state index contributed by atoms with van der Waals surface area (Å²) in [6.45, 7) is 0. The standard InChI is InChI=1S/C11H5Cl6NO6/c12-10(13,14)7-4-1-3(8(19)20)2-5(18(21)22)6(4)23-9(24-7)11(15,16)17/h1-2,7,9H,(H,19,20). The minimum Gasteiger partial charge on any atom is -0.478 e. The Balaban J connectivity index is 2.73. The van der Waals surface area contributed by atoms with E-state index < -0.39 is 47.9 Å². The van der Waals surface area contributed by atoms with Gasteiger partial charge in [-0.1, -0.05) is 69.6 Å². The predicted octanol–water partition coefficient (Wildman–Crippen LogP) is 4.81. The number of aromatic carboxylic acids is 1. The van der Waals surface area contributed by atoms with Gasteiger partial charge in [-0.15, -0.1) is 0 Å². The van der Waals surface area contributed by atoms with Crippen molar-refractivity contribution >= 4 is 81.3 Å². The van der Waals surface area contributed by atoms with E-state index >= 15 is 0 Å². The molecule has 0 radical (unpaired) electrons. The molecular weight excluding hydrogens is 455 g/mol. The second kappa shape index (κ2) is 6.72. The molecule has 24 heavy (non-hydrogen) atoms. The lowest BCUT2D eigenvalue weighted by molar-refractivity contribution is -0.387. The first kappa shape index (κ1) is 19.9. The molecule has 2 unspecified atom stereocenters. The van der Waals surface area contributed by atoms with Crippen LogP contribution in [-0.2, 0) is 4.74 Å². The Morgan fingerprint density at radius 1 is 1.17 bits per heavy atom. The first-order valence-corrected chi connectivity index (χ1v) is 8.10. The van der Waals surface area contributed by atoms with Gasteiger partial charge in [0, 0.05) is 11.6 Å². The molecule has 0 aromatic heterocycles. The number of nitro benzene ring substituents is 1. The lowest BCUT2D eigenvalue weighted by Crippen LogP contribution is -2.42. The van der Waals surface area contributed by atoms with E-state index in [1.807, 2.05) is 0 Å². The number of alkyl halides is 6. The van der Waals surface area contributed by atoms with E-state index in [0.29, 0.717) is 0 Å². The van der Waals surface area contributed by atoms with Crippen LogP contribution in [0.3, 0.4) is 0 Å². The highest BCUT2D eigenvalue weighted by atomic mass is 35.6. The molecule has 1 heterocycles. The summed E-state index contributed by atoms with van der Waals surface area (Å²) in [5.41, 5.74) is -1.31. The van der Waals surface area contributed by atoms with E-state index in [1.165, 1.54) is 0 Å². The van der Waals surface area contributed by atoms with Gasteiger partial charge in [0.1, 0.15) is 6.10 Å². The van der Waals surface area contributed by atoms with Crippen LogP contribution in [0.4, 0.5) is 5.69 Å². The van der Waals surface area contributed by atoms with Gasteiger partial charge in [0.05, 0.1) is 10.5 Å². The minimum absolute atomic E-state index is 0.174. The molecule has 0 aliphatic carbocycles. The highest BCUT2D eigenvalue weighted by Gasteiger charge is 2.50. The Hall–Kier alpha value is -0.410. The van der Waals surface area contributed by atoms with Crippen molar-refractivity contribution in [2.45, 2.75) is 20.0 Å². The predicted molar refractivity (Wildman–Crippen MR) is 88.9 cm³/mol. The van der Waals surface area contributed by atoms with Gasteiger partial charge in [-0.05, 0) is 6.07 Å². The van der Waals surface area contributed by atoms with E-state index in [9.17, 15) is 14.9 Å². The van der Waals surface area contributed by atoms with Crippen LogP contribution in [0.5, 0.6) is 5.75 Å². The Morgan fingerprint density at radius 3 is 2.17 bits per heavy atom. The summed E-state index contributed by atoms with van der Waals surface area (Å²) in [4.78, 5) is 21.6. The van der Waals surface area contributed by atoms with Crippen LogP contribution in [-0.4, -0.2) is 29.9 Å². The summed E-state index contributed by atoms with van der Waals surface area (Å²) in [7, 11) is 0. The topological polar surface area (TPSA) is 98.9 Å². The normalized spacial score (nSPS) is 20.9. The van der Waals surface area contributed by atoms with Crippen molar-refractivity contribution in [3.05, 3.63) is 33.4 Å². The molecular formula is C11H5Cl6NO6. The second-order valence-corrected chi connectivity index (χ2v) is 9.26. The number of halogens is 6. The van der Waals surface area contributed by atoms with Crippen molar-refractivity contribution < 1.29 is 24.3 Å². The van der Waals surface area contributed by atoms with Crippen molar-refractivity contribution in [1.29, 1.82) is 0 Å². The van der Waals surface area contributed by atoms with E-state index in [0.717, 1.165) is 12.1 Å². The maximum Gasteiger partial charge on any atom is 0.335 e. The quantitative estimate of drug-likeness (QED) is 0.387. The smallest absolute Gasteiger partial charge is 0.335 e. The molecule has 2 rings (SSSR count). The summed E-state index contributed by atoms with van der Waals surface area (Å²) in [6.07, 6.45) is -3.12. The molecule has 0 fully saturated rings. The number of fused-ring (bicyclic) bond motifs is 1. The SMILES string of the molecule is O=C(O)c1cc2c(c([N+](=O)[O-])c1)OC(C(Cl)(Cl)Cl)OC2C(Cl)(Cl)Cl. The maximum absolute atomic E-state index is 11.3. The van der Waals surface area contributed by atoms with Crippen molar-refractivity contribution in [2.24, 2.45) is 0 Å². The van der Waals surface area contributed by atoms with Crippen molar-refractivity contribution in [2.75, 3.05) is 0 Å². The Morgan fingerprint density at radius 2 is 1.75 bits per heavy atom. The number of nitro groups is 1. The summed E-state index contributed by atoms with van der Waals surface area (Å²) in [6, 6.07) is 1.79. The largest absolute Gasteiger partial charge is 0.478 e. The van der Waals surface area contributed by atoms with Crippen molar-refractivity contribution in [3.63, 3.8) is 0 Å². The van der Waals surface area contributed by atoms with E-state index in [-0.39, 0.29) is 5.56 Å². The number of nitrogens with zero attached hydrogens (tertiary/aromatic N) is 1. The van der Waals surface area contributed by atoms with Gasteiger partial charge >= 0.3 is 11.7 Å². The zero-order chi connectivity index (χ0) is 18.4. The highest BCUT2D eigenvalue weighted by Crippen LogP contribution is 2.53. The number of rotatable bonds is 2. The Labute approximate surface area is 164 Å². The van der Waals surface area contributed by atoms with Gasteiger partial charge in [0.2, 0.25) is 15.8 Å². The summed E-state index contributed by atoms with van der Waals surface area (Å²) in [5, 5.41) is 20.4. The van der Waals surface area contributed by atoms with E-state index in [1.54, 1.807) is 0 Å². The molecule has 0 bridgehead atoms. The van der Waals surface area contributed by atoms with Gasteiger partial charge in [-0.25, -0.2) is 4.79 Å². The zero-order valence-electron chi connectivity index (χ0n) is 11.0. The Bertz CT molecular complexity index is 699. The molecule has 2 atom stereocenters. The fourth-order valence-electron chi connectivity index (χ4n) is 1.95. The maximum atomic E-state index is 11.3. The average molecular weight is 460 g/mol. The monoisotopic (exact) mass is 457 g/mol. The van der Waals surface area contributed by atoms with Crippen molar-refractivity contribution in [3.8, 4) is 5.75 Å². The summed E-state index contributed by atoms with van der Waals surface area (Å²) < 4.78 is 6.19. The lowest BCUT2D eigenvalue weighted by Gasteiger charge is -2.37. The molecule has 1 aliphatic rings. The highest BCUT2D eigenvalue weighted by molar-refractivity contribution is 6.68. The van der Waals surface area contributed by atoms with Crippen LogP contribution in [0.15, 0.2) is 12.1 Å². The zero-order valence-corrected chi connectivity index (χ0v) is 15.5. The molecule has 13 heteroatoms. The van der Waals surface area contributed by atoms with Crippen LogP contribution in [0.25, 0.3) is 0 Å². The minimum atomic E-state index is -2.16. The van der Waals surface area contributed by atoms with E-state index in [4.69, 9.17) is 84.2 Å². The van der Waals surface area contributed by atoms with Gasteiger partial charge in [-0.3, -0.25) is 10.1 Å². The fourth-order valence-corrected chi connectivity index (χ4v) is 2.74. The molecule has 1 aliphatic heterocycles. The molecule has 0 spiro atoms. The number of carboxylic acids is 1. The van der Waals surface area contributed by atoms with Gasteiger partial charge < -0.3 is 14.6 Å². The third-order valence-corrected chi connectivity index (χ3v) is 4.00. The van der Waals surface area contributed by atoms with Crippen LogP contribution < -0.4 is 4.74 Å². The third kappa shape index (κ3) is 4.04. The molecule has 1 aromatic carbocycles. The molecule has 0 saturated heterocycles. The first-order valence-electron chi connectivity index (χ1n) is 5.83. The molecule has 1 N–H and O–H groups in total. The van der Waals surface area contributed by atoms with Gasteiger partial charge in [0.25, 0.3) is 3.79 Å². The van der Waals surface area contributed by atoms with Crippen LogP contribution in [0.2, 0.25) is 0 Å². The van der Waals surface area contributed by atoms with Crippen LogP contribution in [0.1, 0.15) is 22.0 Å². The van der Waals surface area contributed by atoms with Crippen LogP contribution in [0, 0.1) is 10.1 Å². The molecule has 7 nitrogen and oxygen atoms in total. The molecule has 0 amide bonds. The summed E-state index contributed by atoms with van der Waals surface area (Å²) >= 11 is 34.6. The third-order valence-electron chi connectivity index (χ3n) is 2.87. The average Bonchev–Trinajstić information content (AvgIpc) is 2.42. The second-order valence-electron chi connectivity index (χ2n) is 4.53. The Kier molecular flexibility index (Phi) is 5.57. The molecule has 1 aromatic rings. The number of benzene rings is 1. The van der Waals surface area contributed by atoms with Crippen molar-refractivity contribution in [1.82, 2.24) is 0 Å². The number of hydrogen-bond donors (Lipinski definition) is 1. The number of carboxylic acid groups (broad SMARTS) is 1. The first-order chi connectivity index (χ1) is 10.8. The molecule has 132 valence electrons. The van der Waals surface area contributed by atoms with Gasteiger partial charge in [0.15, 0.2) is 0 Å². The summed E-state index contributed by atoms with van der Waals surface area (Å²) in [5.74, 6) is -1.85. The number of carbonyl (C=O) groups is 1. The lowest BCUT2D eigenvalue weighted by atomic mass is 10.0. The fraction of sp³-hybridized carbons (Fsp3) is 0.364. The van der Waals surface area contributed by atoms with Crippen LogP contribution >= 0.6 is 69.6 Å². The number of ether oxygens (including phenoxy) is 2. The van der Waals surface area contributed by atoms with E-state index in [2.05, 4.69) is 0 Å². The van der Waals surface area contributed by atoms with Gasteiger partial charge in [-0.2, -0.15) is 0 Å².